The summed E-state index contributed by atoms with van der Waals surface area (Å²) in [7, 11) is -3.76. The Kier molecular flexibility index (Phi) is 5.99. The second kappa shape index (κ2) is 8.30. The predicted octanol–water partition coefficient (Wildman–Crippen LogP) is 1.57. The first-order valence-corrected chi connectivity index (χ1v) is 10.6. The van der Waals surface area contributed by atoms with E-state index in [1.165, 1.54) is 25.1 Å². The van der Waals surface area contributed by atoms with Gasteiger partial charge in [-0.15, -0.1) is 0 Å². The Bertz CT molecular complexity index is 1030. The molecule has 1 heterocycles. The van der Waals surface area contributed by atoms with Crippen LogP contribution in [0.1, 0.15) is 22.8 Å². The van der Waals surface area contributed by atoms with Crippen LogP contribution in [0.3, 0.4) is 0 Å². The van der Waals surface area contributed by atoms with E-state index in [4.69, 9.17) is 5.14 Å². The lowest BCUT2D eigenvalue weighted by atomic mass is 10.1. The topological polar surface area (TPSA) is 101 Å². The first-order chi connectivity index (χ1) is 13.6. The van der Waals surface area contributed by atoms with Crippen molar-refractivity contribution in [1.82, 2.24) is 4.90 Å². The van der Waals surface area contributed by atoms with Crippen molar-refractivity contribution in [2.24, 2.45) is 5.14 Å². The van der Waals surface area contributed by atoms with Crippen molar-refractivity contribution >= 4 is 27.4 Å². The Morgan fingerprint density at radius 3 is 2.17 bits per heavy atom. The Labute approximate surface area is 169 Å². The smallest absolute Gasteiger partial charge is 0.238 e. The maximum atomic E-state index is 14.3. The number of piperazine rings is 1. The molecule has 2 N–H and O–H groups in total. The number of carbonyl (C=O) groups excluding carboxylic acids is 2. The minimum atomic E-state index is -3.76. The maximum absolute atomic E-state index is 14.3. The normalized spacial score (nSPS) is 14.7. The molecule has 1 saturated heterocycles. The third-order valence-corrected chi connectivity index (χ3v) is 5.86. The van der Waals surface area contributed by atoms with Gasteiger partial charge in [0.05, 0.1) is 17.0 Å². The van der Waals surface area contributed by atoms with Crippen LogP contribution in [0.5, 0.6) is 0 Å². The van der Waals surface area contributed by atoms with Crippen molar-refractivity contribution in [1.29, 1.82) is 0 Å². The number of hydrogen-bond donors (Lipinski definition) is 1. The number of anilines is 1. The molecule has 9 heteroatoms. The summed E-state index contributed by atoms with van der Waals surface area (Å²) in [5, 5.41) is 5.07. The minimum Gasteiger partial charge on any atom is -0.366 e. The van der Waals surface area contributed by atoms with Gasteiger partial charge in [-0.25, -0.2) is 17.9 Å². The first-order valence-electron chi connectivity index (χ1n) is 9.10. The summed E-state index contributed by atoms with van der Waals surface area (Å²) in [5.74, 6) is -0.726. The second-order valence-corrected chi connectivity index (χ2v) is 8.52. The average Bonchev–Trinajstić information content (AvgIpc) is 2.67. The molecule has 7 nitrogen and oxygen atoms in total. The van der Waals surface area contributed by atoms with Gasteiger partial charge in [-0.1, -0.05) is 12.1 Å². The summed E-state index contributed by atoms with van der Waals surface area (Å²) in [5.41, 5.74) is 1.44. The van der Waals surface area contributed by atoms with Gasteiger partial charge in [-0.3, -0.25) is 9.59 Å². The molecular formula is C20H22FN3O4S. The van der Waals surface area contributed by atoms with Gasteiger partial charge in [0.2, 0.25) is 15.9 Å². The SMILES string of the molecule is CC(=O)c1ccc(N2CCN(C(=O)Cc3ccc(S(N)(=O)=O)cc3)CC2)c(F)c1. The highest BCUT2D eigenvalue weighted by Crippen LogP contribution is 2.22. The molecule has 29 heavy (non-hydrogen) atoms. The van der Waals surface area contributed by atoms with Crippen molar-refractivity contribution in [3.8, 4) is 0 Å². The van der Waals surface area contributed by atoms with Gasteiger partial charge < -0.3 is 9.80 Å². The van der Waals surface area contributed by atoms with Crippen LogP contribution in [-0.4, -0.2) is 51.2 Å². The molecule has 3 rings (SSSR count). The van der Waals surface area contributed by atoms with Crippen LogP contribution in [-0.2, 0) is 21.2 Å². The zero-order valence-corrected chi connectivity index (χ0v) is 16.8. The number of nitrogens with two attached hydrogens (primary N) is 1. The highest BCUT2D eigenvalue weighted by atomic mass is 32.2. The van der Waals surface area contributed by atoms with Gasteiger partial charge >= 0.3 is 0 Å². The fourth-order valence-corrected chi connectivity index (χ4v) is 3.78. The number of nitrogens with zero attached hydrogens (tertiary/aromatic N) is 2. The molecule has 0 saturated carbocycles. The number of hydrogen-bond acceptors (Lipinski definition) is 5. The zero-order chi connectivity index (χ0) is 21.2. The van der Waals surface area contributed by atoms with Crippen molar-refractivity contribution in [3.05, 3.63) is 59.4 Å². The monoisotopic (exact) mass is 419 g/mol. The van der Waals surface area contributed by atoms with E-state index in [2.05, 4.69) is 0 Å². The molecule has 1 aliphatic heterocycles. The number of primary sulfonamides is 1. The number of amides is 1. The number of halogens is 1. The molecular weight excluding hydrogens is 397 g/mol. The molecule has 0 unspecified atom stereocenters. The zero-order valence-electron chi connectivity index (χ0n) is 16.0. The van der Waals surface area contributed by atoms with E-state index >= 15 is 0 Å². The number of rotatable bonds is 5. The van der Waals surface area contributed by atoms with Gasteiger partial charge in [0, 0.05) is 31.7 Å². The van der Waals surface area contributed by atoms with Crippen LogP contribution in [0.2, 0.25) is 0 Å². The number of ketones is 1. The number of sulfonamides is 1. The summed E-state index contributed by atoms with van der Waals surface area (Å²) >= 11 is 0. The van der Waals surface area contributed by atoms with E-state index in [0.717, 1.165) is 0 Å². The predicted molar refractivity (Wildman–Crippen MR) is 107 cm³/mol. The molecule has 0 bridgehead atoms. The molecule has 0 aliphatic carbocycles. The number of benzene rings is 2. The van der Waals surface area contributed by atoms with Crippen molar-refractivity contribution in [2.45, 2.75) is 18.2 Å². The van der Waals surface area contributed by atoms with Crippen LogP contribution >= 0.6 is 0 Å². The third-order valence-electron chi connectivity index (χ3n) is 4.93. The van der Waals surface area contributed by atoms with Crippen LogP contribution in [0, 0.1) is 5.82 Å². The van der Waals surface area contributed by atoms with Gasteiger partial charge in [0.15, 0.2) is 5.78 Å². The quantitative estimate of drug-likeness (QED) is 0.742. The Hall–Kier alpha value is -2.78. The van der Waals surface area contributed by atoms with Gasteiger partial charge in [-0.2, -0.15) is 0 Å². The van der Waals surface area contributed by atoms with Crippen LogP contribution in [0.25, 0.3) is 0 Å². The third kappa shape index (κ3) is 4.99. The van der Waals surface area contributed by atoms with E-state index in [0.29, 0.717) is 43.0 Å². The van der Waals surface area contributed by atoms with E-state index in [-0.39, 0.29) is 23.0 Å². The Balaban J connectivity index is 1.59. The molecule has 1 amide bonds. The van der Waals surface area contributed by atoms with Crippen molar-refractivity contribution in [3.63, 3.8) is 0 Å². The minimum absolute atomic E-state index is 0.000122. The van der Waals surface area contributed by atoms with Crippen LogP contribution in [0.15, 0.2) is 47.4 Å². The second-order valence-electron chi connectivity index (χ2n) is 6.96. The van der Waals surface area contributed by atoms with Crippen LogP contribution in [0.4, 0.5) is 10.1 Å². The Morgan fingerprint density at radius 2 is 1.66 bits per heavy atom. The summed E-state index contributed by atoms with van der Waals surface area (Å²) in [6.45, 7) is 3.24. The standard InChI is InChI=1S/C20H22FN3O4S/c1-14(25)16-4-7-19(18(21)13-16)23-8-10-24(11-9-23)20(26)12-15-2-5-17(6-3-15)29(22,27)28/h2-7,13H,8-12H2,1H3,(H2,22,27,28). The lowest BCUT2D eigenvalue weighted by Crippen LogP contribution is -2.49. The number of Topliss-reactive ketones (excluding diaryl/α,β-unsaturated/α-hetero) is 1. The van der Waals surface area contributed by atoms with E-state index in [1.807, 2.05) is 4.90 Å². The largest absolute Gasteiger partial charge is 0.366 e. The molecule has 2 aromatic rings. The van der Waals surface area contributed by atoms with Crippen molar-refractivity contribution in [2.75, 3.05) is 31.1 Å². The molecule has 0 radical (unpaired) electrons. The summed E-state index contributed by atoms with van der Waals surface area (Å²) in [6.07, 6.45) is 0.145. The molecule has 154 valence electrons. The maximum Gasteiger partial charge on any atom is 0.238 e. The summed E-state index contributed by atoms with van der Waals surface area (Å²) in [6, 6.07) is 10.3. The summed E-state index contributed by atoms with van der Waals surface area (Å²) < 4.78 is 36.9. The fourth-order valence-electron chi connectivity index (χ4n) is 3.26. The first kappa shape index (κ1) is 20.9. The van der Waals surface area contributed by atoms with Gasteiger partial charge in [0.25, 0.3) is 0 Å². The van der Waals surface area contributed by atoms with Crippen LogP contribution < -0.4 is 10.0 Å². The summed E-state index contributed by atoms with van der Waals surface area (Å²) in [4.78, 5) is 27.4. The lowest BCUT2D eigenvalue weighted by Gasteiger charge is -2.36. The van der Waals surface area contributed by atoms with Gasteiger partial charge in [0.1, 0.15) is 5.82 Å². The van der Waals surface area contributed by atoms with E-state index in [9.17, 15) is 22.4 Å². The fraction of sp³-hybridized carbons (Fsp3) is 0.300. The molecule has 2 aromatic carbocycles. The highest BCUT2D eigenvalue weighted by Gasteiger charge is 2.23. The molecule has 0 atom stereocenters. The Morgan fingerprint density at radius 1 is 1.03 bits per heavy atom. The molecule has 1 fully saturated rings. The van der Waals surface area contributed by atoms with E-state index < -0.39 is 15.8 Å². The van der Waals surface area contributed by atoms with Gasteiger partial charge in [-0.05, 0) is 42.8 Å². The molecule has 1 aliphatic rings. The molecule has 0 spiro atoms. The molecule has 0 aromatic heterocycles. The van der Waals surface area contributed by atoms with Crippen molar-refractivity contribution < 1.29 is 22.4 Å². The average molecular weight is 419 g/mol. The van der Waals surface area contributed by atoms with E-state index in [1.54, 1.807) is 29.2 Å². The highest BCUT2D eigenvalue weighted by molar-refractivity contribution is 7.89. The lowest BCUT2D eigenvalue weighted by molar-refractivity contribution is -0.130. The number of carbonyl (C=O) groups is 2.